The fourth-order valence-corrected chi connectivity index (χ4v) is 4.77. The Morgan fingerprint density at radius 1 is 1.19 bits per heavy atom. The van der Waals surface area contributed by atoms with Gasteiger partial charge in [0.05, 0.1) is 5.39 Å². The summed E-state index contributed by atoms with van der Waals surface area (Å²) in [6.45, 7) is 5.12. The predicted octanol–water partition coefficient (Wildman–Crippen LogP) is 3.46. The molecule has 2 aromatic heterocycles. The zero-order valence-electron chi connectivity index (χ0n) is 14.7. The predicted molar refractivity (Wildman–Crippen MR) is 108 cm³/mol. The van der Waals surface area contributed by atoms with Crippen molar-refractivity contribution in [2.45, 2.75) is 19.9 Å². The molecule has 0 fully saturated rings. The van der Waals surface area contributed by atoms with E-state index in [0.717, 1.165) is 48.7 Å². The third kappa shape index (κ3) is 2.70. The lowest BCUT2D eigenvalue weighted by Crippen LogP contribution is -2.25. The maximum Gasteiger partial charge on any atom is 0.145 e. The summed E-state index contributed by atoms with van der Waals surface area (Å²) in [5.74, 6) is 2.05. The standard InChI is InChI=1S/C20H21N5S/c1-13-9-22-19-18(13)20(24-12-23-19)25-6-7-26-17(11-25)15-2-3-16-10-21-5-4-14(16)8-15/h2-3,8-9,11-12,21H,4-7,10H2,1H3,(H,22,23,24). The second-order valence-corrected chi connectivity index (χ2v) is 7.97. The summed E-state index contributed by atoms with van der Waals surface area (Å²) in [5.41, 5.74) is 6.31. The fraction of sp³-hybridized carbons (Fsp3) is 0.300. The Labute approximate surface area is 156 Å². The average Bonchev–Trinajstić information content (AvgIpc) is 3.09. The summed E-state index contributed by atoms with van der Waals surface area (Å²) in [6.07, 6.45) is 7.02. The fourth-order valence-electron chi connectivity index (χ4n) is 3.77. The third-order valence-electron chi connectivity index (χ3n) is 5.16. The molecule has 0 saturated heterocycles. The largest absolute Gasteiger partial charge is 0.346 e. The summed E-state index contributed by atoms with van der Waals surface area (Å²) in [6, 6.07) is 6.90. The molecule has 0 saturated carbocycles. The molecule has 0 unspecified atom stereocenters. The number of thioether (sulfide) groups is 1. The summed E-state index contributed by atoms with van der Waals surface area (Å²) < 4.78 is 0. The maximum absolute atomic E-state index is 4.59. The zero-order valence-corrected chi connectivity index (χ0v) is 15.6. The first-order valence-electron chi connectivity index (χ1n) is 9.02. The van der Waals surface area contributed by atoms with E-state index in [1.807, 2.05) is 18.0 Å². The van der Waals surface area contributed by atoms with Crippen LogP contribution >= 0.6 is 11.8 Å². The van der Waals surface area contributed by atoms with Crippen molar-refractivity contribution >= 4 is 33.5 Å². The molecule has 0 amide bonds. The van der Waals surface area contributed by atoms with Crippen LogP contribution in [-0.4, -0.2) is 33.8 Å². The molecule has 5 rings (SSSR count). The van der Waals surface area contributed by atoms with Gasteiger partial charge in [0, 0.05) is 36.1 Å². The molecule has 26 heavy (non-hydrogen) atoms. The molecule has 3 aromatic rings. The van der Waals surface area contributed by atoms with Crippen molar-refractivity contribution in [3.8, 4) is 0 Å². The van der Waals surface area contributed by atoms with E-state index >= 15 is 0 Å². The number of nitrogens with zero attached hydrogens (tertiary/aromatic N) is 3. The molecule has 2 N–H and O–H groups in total. The zero-order chi connectivity index (χ0) is 17.5. The quantitative estimate of drug-likeness (QED) is 0.730. The molecule has 132 valence electrons. The molecule has 6 heteroatoms. The number of hydrogen-bond donors (Lipinski definition) is 2. The first-order chi connectivity index (χ1) is 12.8. The molecule has 0 spiro atoms. The molecule has 0 aliphatic carbocycles. The molecule has 2 aliphatic rings. The van der Waals surface area contributed by atoms with Crippen LogP contribution in [0.5, 0.6) is 0 Å². The summed E-state index contributed by atoms with van der Waals surface area (Å²) in [7, 11) is 0. The van der Waals surface area contributed by atoms with Crippen LogP contribution in [0.3, 0.4) is 0 Å². The van der Waals surface area contributed by atoms with E-state index in [1.165, 1.54) is 27.2 Å². The van der Waals surface area contributed by atoms with E-state index in [9.17, 15) is 0 Å². The highest BCUT2D eigenvalue weighted by molar-refractivity contribution is 8.08. The van der Waals surface area contributed by atoms with Gasteiger partial charge in [0.2, 0.25) is 0 Å². The molecular formula is C20H21N5S. The lowest BCUT2D eigenvalue weighted by atomic mass is 9.98. The molecule has 1 aromatic carbocycles. The number of H-pyrrole nitrogens is 1. The van der Waals surface area contributed by atoms with Gasteiger partial charge in [-0.2, -0.15) is 0 Å². The number of rotatable bonds is 2. The van der Waals surface area contributed by atoms with Gasteiger partial charge in [-0.05, 0) is 42.1 Å². The van der Waals surface area contributed by atoms with Crippen molar-refractivity contribution in [1.29, 1.82) is 0 Å². The Hall–Kier alpha value is -2.31. The van der Waals surface area contributed by atoms with Crippen molar-refractivity contribution in [2.24, 2.45) is 0 Å². The van der Waals surface area contributed by atoms with E-state index in [-0.39, 0.29) is 0 Å². The van der Waals surface area contributed by atoms with Gasteiger partial charge >= 0.3 is 0 Å². The number of aromatic nitrogens is 3. The van der Waals surface area contributed by atoms with E-state index in [1.54, 1.807) is 6.33 Å². The van der Waals surface area contributed by atoms with E-state index < -0.39 is 0 Å². The van der Waals surface area contributed by atoms with Crippen LogP contribution in [0.1, 0.15) is 22.3 Å². The van der Waals surface area contributed by atoms with Gasteiger partial charge in [0.25, 0.3) is 0 Å². The van der Waals surface area contributed by atoms with Crippen LogP contribution in [0.15, 0.2) is 36.9 Å². The highest BCUT2D eigenvalue weighted by Crippen LogP contribution is 2.36. The van der Waals surface area contributed by atoms with Crippen molar-refractivity contribution in [3.05, 3.63) is 59.2 Å². The van der Waals surface area contributed by atoms with Crippen molar-refractivity contribution in [3.63, 3.8) is 0 Å². The summed E-state index contributed by atoms with van der Waals surface area (Å²) in [5, 5.41) is 4.56. The monoisotopic (exact) mass is 363 g/mol. The molecular weight excluding hydrogens is 342 g/mol. The van der Waals surface area contributed by atoms with Crippen molar-refractivity contribution in [1.82, 2.24) is 20.3 Å². The molecule has 0 bridgehead atoms. The van der Waals surface area contributed by atoms with Crippen LogP contribution in [0.25, 0.3) is 15.9 Å². The third-order valence-corrected chi connectivity index (χ3v) is 6.20. The highest BCUT2D eigenvalue weighted by Gasteiger charge is 2.19. The van der Waals surface area contributed by atoms with E-state index in [4.69, 9.17) is 0 Å². The molecule has 0 radical (unpaired) electrons. The van der Waals surface area contributed by atoms with Crippen molar-refractivity contribution < 1.29 is 0 Å². The van der Waals surface area contributed by atoms with Gasteiger partial charge in [-0.3, -0.25) is 0 Å². The van der Waals surface area contributed by atoms with Gasteiger partial charge in [0.15, 0.2) is 0 Å². The minimum Gasteiger partial charge on any atom is -0.346 e. The molecule has 2 aliphatic heterocycles. The molecule has 4 heterocycles. The number of fused-ring (bicyclic) bond motifs is 2. The van der Waals surface area contributed by atoms with Gasteiger partial charge < -0.3 is 15.2 Å². The van der Waals surface area contributed by atoms with Gasteiger partial charge in [-0.25, -0.2) is 9.97 Å². The number of nitrogens with one attached hydrogen (secondary N) is 2. The lowest BCUT2D eigenvalue weighted by molar-refractivity contribution is 0.643. The average molecular weight is 363 g/mol. The summed E-state index contributed by atoms with van der Waals surface area (Å²) in [4.78, 5) is 15.8. The second-order valence-electron chi connectivity index (χ2n) is 6.84. The normalized spacial score (nSPS) is 17.3. The van der Waals surface area contributed by atoms with Crippen LogP contribution in [0.4, 0.5) is 5.82 Å². The molecule has 0 atom stereocenters. The smallest absolute Gasteiger partial charge is 0.145 e. The first-order valence-corrected chi connectivity index (χ1v) is 10.0. The topological polar surface area (TPSA) is 56.8 Å². The second kappa shape index (κ2) is 6.45. The van der Waals surface area contributed by atoms with Gasteiger partial charge in [0.1, 0.15) is 17.8 Å². The number of hydrogen-bond acceptors (Lipinski definition) is 5. The SMILES string of the molecule is Cc1c[nH]c2ncnc(N3C=C(c4ccc5c(c4)CCNC5)SCC3)c12. The number of aryl methyl sites for hydroxylation is 1. The highest BCUT2D eigenvalue weighted by atomic mass is 32.2. The Bertz CT molecular complexity index is 1010. The number of benzene rings is 1. The van der Waals surface area contributed by atoms with Crippen molar-refractivity contribution in [2.75, 3.05) is 23.7 Å². The van der Waals surface area contributed by atoms with Crippen LogP contribution in [-0.2, 0) is 13.0 Å². The minimum atomic E-state index is 0.905. The Morgan fingerprint density at radius 2 is 2.15 bits per heavy atom. The number of anilines is 1. The Morgan fingerprint density at radius 3 is 3.12 bits per heavy atom. The van der Waals surface area contributed by atoms with Gasteiger partial charge in [-0.1, -0.05) is 18.2 Å². The van der Waals surface area contributed by atoms with Crippen LogP contribution in [0, 0.1) is 6.92 Å². The van der Waals surface area contributed by atoms with Gasteiger partial charge in [-0.15, -0.1) is 11.8 Å². The van der Waals surface area contributed by atoms with E-state index in [2.05, 4.69) is 56.5 Å². The van der Waals surface area contributed by atoms with E-state index in [0.29, 0.717) is 0 Å². The summed E-state index contributed by atoms with van der Waals surface area (Å²) >= 11 is 1.93. The van der Waals surface area contributed by atoms with Crippen LogP contribution in [0.2, 0.25) is 0 Å². The lowest BCUT2D eigenvalue weighted by Gasteiger charge is -2.27. The molecule has 5 nitrogen and oxygen atoms in total. The van der Waals surface area contributed by atoms with Crippen LogP contribution < -0.4 is 10.2 Å². The Kier molecular flexibility index (Phi) is 3.94. The maximum atomic E-state index is 4.59. The minimum absolute atomic E-state index is 0.905. The number of aromatic amines is 1. The Balaban J connectivity index is 1.55. The first kappa shape index (κ1) is 15.9.